The molecule has 2 N–H and O–H groups in total. The molecule has 0 bridgehead atoms. The molecule has 0 radical (unpaired) electrons. The van der Waals surface area contributed by atoms with Crippen LogP contribution in [0.5, 0.6) is 0 Å². The van der Waals surface area contributed by atoms with E-state index in [1.54, 1.807) is 25.2 Å². The molecule has 5 nitrogen and oxygen atoms in total. The average Bonchev–Trinajstić information content (AvgIpc) is 2.16. The second-order valence-corrected chi connectivity index (χ2v) is 4.56. The number of carbonyl (C=O) groups is 1. The lowest BCUT2D eigenvalue weighted by Crippen LogP contribution is -2.28. The first kappa shape index (κ1) is 11.5. The van der Waals surface area contributed by atoms with Crippen LogP contribution < -0.4 is 10.0 Å². The first-order valence-electron chi connectivity index (χ1n) is 4.27. The van der Waals surface area contributed by atoms with E-state index in [1.807, 2.05) is 4.72 Å². The number of nitrogens with one attached hydrogen (secondary N) is 2. The summed E-state index contributed by atoms with van der Waals surface area (Å²) >= 11 is 0. The Hall–Kier alpha value is -1.56. The minimum atomic E-state index is -3.76. The van der Waals surface area contributed by atoms with Crippen molar-refractivity contribution >= 4 is 21.6 Å². The van der Waals surface area contributed by atoms with Crippen LogP contribution in [0.4, 0.5) is 5.69 Å². The summed E-state index contributed by atoms with van der Waals surface area (Å²) in [6.07, 6.45) is 0. The van der Waals surface area contributed by atoms with E-state index in [4.69, 9.17) is 0 Å². The van der Waals surface area contributed by atoms with Crippen molar-refractivity contribution < 1.29 is 13.2 Å². The number of sulfonamides is 1. The fraction of sp³-hybridized carbons (Fsp3) is 0.222. The van der Waals surface area contributed by atoms with Crippen LogP contribution >= 0.6 is 0 Å². The largest absolute Gasteiger partial charge is 0.387 e. The molecule has 0 unspecified atom stereocenters. The van der Waals surface area contributed by atoms with Crippen LogP contribution in [0.2, 0.25) is 0 Å². The molecule has 0 saturated carbocycles. The molecular weight excluding hydrogens is 216 g/mol. The van der Waals surface area contributed by atoms with Crippen molar-refractivity contribution in [2.45, 2.75) is 11.8 Å². The van der Waals surface area contributed by atoms with Gasteiger partial charge in [0, 0.05) is 14.0 Å². The van der Waals surface area contributed by atoms with Crippen molar-refractivity contribution in [2.24, 2.45) is 0 Å². The van der Waals surface area contributed by atoms with Crippen LogP contribution in [-0.4, -0.2) is 21.4 Å². The Labute approximate surface area is 88.5 Å². The van der Waals surface area contributed by atoms with E-state index in [-0.39, 0.29) is 4.90 Å². The predicted octanol–water partition coefficient (Wildman–Crippen LogP) is 0.553. The van der Waals surface area contributed by atoms with Crippen LogP contribution in [-0.2, 0) is 14.8 Å². The molecule has 82 valence electrons. The quantitative estimate of drug-likeness (QED) is 0.792. The highest BCUT2D eigenvalue weighted by molar-refractivity contribution is 7.90. The SMILES string of the molecule is CNc1ccccc1S(=O)(=O)NC(C)=O. The fourth-order valence-corrected chi connectivity index (χ4v) is 2.36. The summed E-state index contributed by atoms with van der Waals surface area (Å²) in [5.41, 5.74) is 0.450. The van der Waals surface area contributed by atoms with Gasteiger partial charge in [-0.15, -0.1) is 0 Å². The van der Waals surface area contributed by atoms with E-state index >= 15 is 0 Å². The molecule has 0 aliphatic carbocycles. The maximum Gasteiger partial charge on any atom is 0.266 e. The number of rotatable bonds is 3. The summed E-state index contributed by atoms with van der Waals surface area (Å²) in [5, 5.41) is 2.74. The van der Waals surface area contributed by atoms with Crippen LogP contribution in [0.15, 0.2) is 29.2 Å². The minimum absolute atomic E-state index is 0.0581. The third kappa shape index (κ3) is 2.69. The summed E-state index contributed by atoms with van der Waals surface area (Å²) in [4.78, 5) is 10.8. The minimum Gasteiger partial charge on any atom is -0.387 e. The Morgan fingerprint density at radius 2 is 1.87 bits per heavy atom. The zero-order valence-electron chi connectivity index (χ0n) is 8.44. The lowest BCUT2D eigenvalue weighted by Gasteiger charge is -2.09. The summed E-state index contributed by atoms with van der Waals surface area (Å²) in [5.74, 6) is -0.610. The first-order valence-corrected chi connectivity index (χ1v) is 5.76. The standard InChI is InChI=1S/C9H12N2O3S/c1-7(12)11-15(13,14)9-6-4-3-5-8(9)10-2/h3-6,10H,1-2H3,(H,11,12). The van der Waals surface area contributed by atoms with Gasteiger partial charge >= 0.3 is 0 Å². The highest BCUT2D eigenvalue weighted by Crippen LogP contribution is 2.19. The molecule has 0 heterocycles. The molecule has 6 heteroatoms. The van der Waals surface area contributed by atoms with Gasteiger partial charge in [0.05, 0.1) is 5.69 Å². The Morgan fingerprint density at radius 3 is 2.40 bits per heavy atom. The molecule has 1 aromatic rings. The molecule has 1 amide bonds. The number of hydrogen-bond donors (Lipinski definition) is 2. The molecule has 0 atom stereocenters. The Balaban J connectivity index is 3.20. The predicted molar refractivity (Wildman–Crippen MR) is 57.0 cm³/mol. The van der Waals surface area contributed by atoms with E-state index in [1.165, 1.54) is 6.07 Å². The molecule has 0 aliphatic rings. The van der Waals surface area contributed by atoms with Crippen molar-refractivity contribution in [3.05, 3.63) is 24.3 Å². The van der Waals surface area contributed by atoms with Crippen LogP contribution in [0.1, 0.15) is 6.92 Å². The van der Waals surface area contributed by atoms with Crippen molar-refractivity contribution in [2.75, 3.05) is 12.4 Å². The average molecular weight is 228 g/mol. The maximum atomic E-state index is 11.7. The summed E-state index contributed by atoms with van der Waals surface area (Å²) in [6, 6.07) is 6.35. The molecule has 15 heavy (non-hydrogen) atoms. The Morgan fingerprint density at radius 1 is 1.27 bits per heavy atom. The topological polar surface area (TPSA) is 75.3 Å². The van der Waals surface area contributed by atoms with Crippen molar-refractivity contribution in [1.29, 1.82) is 0 Å². The molecule has 0 saturated heterocycles. The molecule has 0 spiro atoms. The number of amides is 1. The molecule has 1 rings (SSSR count). The van der Waals surface area contributed by atoms with Gasteiger partial charge < -0.3 is 5.32 Å². The smallest absolute Gasteiger partial charge is 0.266 e. The van der Waals surface area contributed by atoms with Crippen LogP contribution in [0.25, 0.3) is 0 Å². The number of anilines is 1. The highest BCUT2D eigenvalue weighted by Gasteiger charge is 2.18. The van der Waals surface area contributed by atoms with Gasteiger partial charge in [0.1, 0.15) is 4.90 Å². The van der Waals surface area contributed by atoms with Gasteiger partial charge in [-0.2, -0.15) is 0 Å². The van der Waals surface area contributed by atoms with E-state index in [0.29, 0.717) is 5.69 Å². The van der Waals surface area contributed by atoms with E-state index < -0.39 is 15.9 Å². The summed E-state index contributed by atoms with van der Waals surface area (Å²) in [6.45, 7) is 1.15. The Bertz CT molecular complexity index is 468. The van der Waals surface area contributed by atoms with Crippen molar-refractivity contribution in [3.63, 3.8) is 0 Å². The second kappa shape index (κ2) is 4.31. The Kier molecular flexibility index (Phi) is 3.31. The lowest BCUT2D eigenvalue weighted by atomic mass is 10.3. The highest BCUT2D eigenvalue weighted by atomic mass is 32.2. The van der Waals surface area contributed by atoms with Crippen molar-refractivity contribution in [1.82, 2.24) is 4.72 Å². The van der Waals surface area contributed by atoms with Crippen LogP contribution in [0.3, 0.4) is 0 Å². The zero-order chi connectivity index (χ0) is 11.5. The molecular formula is C9H12N2O3S. The normalized spacial score (nSPS) is 10.8. The monoisotopic (exact) mass is 228 g/mol. The zero-order valence-corrected chi connectivity index (χ0v) is 9.26. The molecule has 1 aromatic carbocycles. The van der Waals surface area contributed by atoms with Crippen molar-refractivity contribution in [3.8, 4) is 0 Å². The molecule has 0 aliphatic heterocycles. The van der Waals surface area contributed by atoms with Gasteiger partial charge in [-0.1, -0.05) is 12.1 Å². The van der Waals surface area contributed by atoms with E-state index in [2.05, 4.69) is 5.32 Å². The second-order valence-electron chi connectivity index (χ2n) is 2.91. The fourth-order valence-electron chi connectivity index (χ4n) is 1.15. The van der Waals surface area contributed by atoms with Gasteiger partial charge in [0.2, 0.25) is 5.91 Å². The number of para-hydroxylation sites is 1. The summed E-state index contributed by atoms with van der Waals surface area (Å²) < 4.78 is 25.2. The summed E-state index contributed by atoms with van der Waals surface area (Å²) in [7, 11) is -2.15. The molecule has 0 fully saturated rings. The number of benzene rings is 1. The number of carbonyl (C=O) groups excluding carboxylic acids is 1. The third-order valence-corrected chi connectivity index (χ3v) is 3.22. The van der Waals surface area contributed by atoms with Crippen LogP contribution in [0, 0.1) is 0 Å². The number of hydrogen-bond acceptors (Lipinski definition) is 4. The van der Waals surface area contributed by atoms with E-state index in [0.717, 1.165) is 6.92 Å². The third-order valence-electron chi connectivity index (χ3n) is 1.72. The van der Waals surface area contributed by atoms with E-state index in [9.17, 15) is 13.2 Å². The van der Waals surface area contributed by atoms with Gasteiger partial charge in [0.25, 0.3) is 10.0 Å². The molecule has 0 aromatic heterocycles. The maximum absolute atomic E-state index is 11.7. The van der Waals surface area contributed by atoms with Gasteiger partial charge in [-0.3, -0.25) is 4.79 Å². The van der Waals surface area contributed by atoms with Gasteiger partial charge in [0.15, 0.2) is 0 Å². The first-order chi connectivity index (χ1) is 6.97. The lowest BCUT2D eigenvalue weighted by molar-refractivity contribution is -0.117. The van der Waals surface area contributed by atoms with Gasteiger partial charge in [-0.25, -0.2) is 13.1 Å². The van der Waals surface area contributed by atoms with Gasteiger partial charge in [-0.05, 0) is 12.1 Å².